The Kier molecular flexibility index (Phi) is 9.08. The second kappa shape index (κ2) is 11.8. The van der Waals surface area contributed by atoms with Crippen molar-refractivity contribution in [2.75, 3.05) is 32.6 Å². The molecule has 1 fully saturated rings. The van der Waals surface area contributed by atoms with E-state index in [0.29, 0.717) is 11.7 Å². The summed E-state index contributed by atoms with van der Waals surface area (Å²) in [7, 11) is 3.36. The van der Waals surface area contributed by atoms with Crippen LogP contribution in [0.3, 0.4) is 0 Å². The van der Waals surface area contributed by atoms with Gasteiger partial charge in [-0.1, -0.05) is 12.1 Å². The zero-order valence-corrected chi connectivity index (χ0v) is 17.5. The van der Waals surface area contributed by atoms with Crippen molar-refractivity contribution in [2.24, 2.45) is 0 Å². The molecule has 3 N–H and O–H groups in total. The van der Waals surface area contributed by atoms with Crippen LogP contribution in [-0.4, -0.2) is 60.4 Å². The standard InChI is InChI=1S/C20H25FN2O2.C2H2O4/c1-24-17-7-8-20(25-2)15(13-17)14-23-11-9-16(10-12-23)22-19-6-4-3-5-18(19)21;3-1(4)2(5)6/h3-8,13,16,22H,9-12,14H2,1-2H3;(H,3,4)(H,5,6). The lowest BCUT2D eigenvalue weighted by Gasteiger charge is -2.33. The molecule has 0 aromatic heterocycles. The molecule has 1 aliphatic rings. The topological polar surface area (TPSA) is 108 Å². The first-order chi connectivity index (χ1) is 14.8. The van der Waals surface area contributed by atoms with Gasteiger partial charge in [0, 0.05) is 31.2 Å². The number of methoxy groups -OCH3 is 2. The van der Waals surface area contributed by atoms with Crippen molar-refractivity contribution in [3.05, 3.63) is 53.8 Å². The van der Waals surface area contributed by atoms with E-state index in [9.17, 15) is 4.39 Å². The van der Waals surface area contributed by atoms with Gasteiger partial charge in [-0.05, 0) is 43.2 Å². The van der Waals surface area contributed by atoms with E-state index >= 15 is 0 Å². The molecular formula is C22H27FN2O6. The molecule has 9 heteroatoms. The third-order valence-electron chi connectivity index (χ3n) is 4.89. The maximum atomic E-state index is 13.8. The number of nitrogens with one attached hydrogen (secondary N) is 1. The van der Waals surface area contributed by atoms with Gasteiger partial charge in [-0.2, -0.15) is 0 Å². The predicted octanol–water partition coefficient (Wildman–Crippen LogP) is 3.08. The Hall–Kier alpha value is -3.33. The highest BCUT2D eigenvalue weighted by molar-refractivity contribution is 6.27. The average Bonchev–Trinajstić information content (AvgIpc) is 2.77. The third kappa shape index (κ3) is 7.45. The van der Waals surface area contributed by atoms with Crippen molar-refractivity contribution in [2.45, 2.75) is 25.4 Å². The van der Waals surface area contributed by atoms with Crippen LogP contribution in [-0.2, 0) is 16.1 Å². The molecule has 1 saturated heterocycles. The molecule has 1 heterocycles. The van der Waals surface area contributed by atoms with Crippen LogP contribution in [0.2, 0.25) is 0 Å². The maximum absolute atomic E-state index is 13.8. The number of anilines is 1. The van der Waals surface area contributed by atoms with E-state index < -0.39 is 11.9 Å². The van der Waals surface area contributed by atoms with Crippen LogP contribution in [0.5, 0.6) is 11.5 Å². The van der Waals surface area contributed by atoms with Gasteiger partial charge in [0.1, 0.15) is 17.3 Å². The first-order valence-corrected chi connectivity index (χ1v) is 9.74. The molecule has 0 bridgehead atoms. The van der Waals surface area contributed by atoms with Crippen LogP contribution in [0.1, 0.15) is 18.4 Å². The number of rotatable bonds is 6. The quantitative estimate of drug-likeness (QED) is 0.596. The molecule has 0 radical (unpaired) electrons. The summed E-state index contributed by atoms with van der Waals surface area (Å²) in [5, 5.41) is 18.1. The molecule has 8 nitrogen and oxygen atoms in total. The van der Waals surface area contributed by atoms with Crippen LogP contribution in [0.15, 0.2) is 42.5 Å². The minimum Gasteiger partial charge on any atom is -0.497 e. The maximum Gasteiger partial charge on any atom is 0.414 e. The number of aliphatic carboxylic acids is 2. The normalized spacial score (nSPS) is 14.2. The number of nitrogens with zero attached hydrogens (tertiary/aromatic N) is 1. The molecule has 0 amide bonds. The number of carbonyl (C=O) groups is 2. The monoisotopic (exact) mass is 434 g/mol. The van der Waals surface area contributed by atoms with E-state index in [0.717, 1.165) is 49.5 Å². The van der Waals surface area contributed by atoms with Gasteiger partial charge in [0.25, 0.3) is 0 Å². The highest BCUT2D eigenvalue weighted by atomic mass is 19.1. The fraction of sp³-hybridized carbons (Fsp3) is 0.364. The molecule has 2 aromatic rings. The zero-order chi connectivity index (χ0) is 22.8. The lowest BCUT2D eigenvalue weighted by molar-refractivity contribution is -0.159. The summed E-state index contributed by atoms with van der Waals surface area (Å²) in [6.07, 6.45) is 1.97. The van der Waals surface area contributed by atoms with Crippen LogP contribution < -0.4 is 14.8 Å². The van der Waals surface area contributed by atoms with Gasteiger partial charge in [-0.15, -0.1) is 0 Å². The molecule has 3 rings (SSSR count). The Bertz CT molecular complexity index is 872. The van der Waals surface area contributed by atoms with E-state index in [1.807, 2.05) is 24.3 Å². The second-order valence-corrected chi connectivity index (χ2v) is 6.96. The SMILES string of the molecule is COc1ccc(OC)c(CN2CCC(Nc3ccccc3F)CC2)c1.O=C(O)C(=O)O. The summed E-state index contributed by atoms with van der Waals surface area (Å²) in [6.45, 7) is 2.76. The lowest BCUT2D eigenvalue weighted by Crippen LogP contribution is -2.38. The smallest absolute Gasteiger partial charge is 0.414 e. The number of ether oxygens (including phenoxy) is 2. The molecular weight excluding hydrogens is 407 g/mol. The van der Waals surface area contributed by atoms with Crippen molar-refractivity contribution in [3.63, 3.8) is 0 Å². The Labute approximate surface area is 180 Å². The van der Waals surface area contributed by atoms with Gasteiger partial charge in [0.05, 0.1) is 19.9 Å². The number of hydrogen-bond acceptors (Lipinski definition) is 6. The second-order valence-electron chi connectivity index (χ2n) is 6.96. The summed E-state index contributed by atoms with van der Waals surface area (Å²) >= 11 is 0. The van der Waals surface area contributed by atoms with E-state index in [-0.39, 0.29) is 5.82 Å². The number of carboxylic acids is 2. The third-order valence-corrected chi connectivity index (χ3v) is 4.89. The predicted molar refractivity (Wildman–Crippen MR) is 113 cm³/mol. The largest absolute Gasteiger partial charge is 0.497 e. The fourth-order valence-corrected chi connectivity index (χ4v) is 3.28. The molecule has 0 saturated carbocycles. The molecule has 168 valence electrons. The molecule has 0 unspecified atom stereocenters. The highest BCUT2D eigenvalue weighted by Crippen LogP contribution is 2.27. The number of benzene rings is 2. The highest BCUT2D eigenvalue weighted by Gasteiger charge is 2.21. The van der Waals surface area contributed by atoms with Gasteiger partial charge >= 0.3 is 11.9 Å². The molecule has 0 spiro atoms. The van der Waals surface area contributed by atoms with E-state index in [1.54, 1.807) is 26.4 Å². The van der Waals surface area contributed by atoms with Crippen LogP contribution >= 0.6 is 0 Å². The van der Waals surface area contributed by atoms with Gasteiger partial charge < -0.3 is 25.0 Å². The Morgan fingerprint density at radius 1 is 1.06 bits per heavy atom. The van der Waals surface area contributed by atoms with Crippen LogP contribution in [0.4, 0.5) is 10.1 Å². The first-order valence-electron chi connectivity index (χ1n) is 9.74. The zero-order valence-electron chi connectivity index (χ0n) is 17.5. The van der Waals surface area contributed by atoms with Crippen molar-refractivity contribution in [1.82, 2.24) is 4.90 Å². The lowest BCUT2D eigenvalue weighted by atomic mass is 10.0. The number of para-hydroxylation sites is 1. The molecule has 2 aromatic carbocycles. The van der Waals surface area contributed by atoms with Crippen LogP contribution in [0.25, 0.3) is 0 Å². The minimum absolute atomic E-state index is 0.189. The Morgan fingerprint density at radius 3 is 2.26 bits per heavy atom. The van der Waals surface area contributed by atoms with Crippen molar-refractivity contribution < 1.29 is 33.7 Å². The average molecular weight is 434 g/mol. The number of carboxylic acid groups (broad SMARTS) is 2. The van der Waals surface area contributed by atoms with Crippen molar-refractivity contribution in [3.8, 4) is 11.5 Å². The van der Waals surface area contributed by atoms with Crippen molar-refractivity contribution >= 4 is 17.6 Å². The first kappa shape index (κ1) is 23.9. The van der Waals surface area contributed by atoms with Gasteiger partial charge in [-0.25, -0.2) is 14.0 Å². The number of halogens is 1. The van der Waals surface area contributed by atoms with E-state index in [1.165, 1.54) is 6.07 Å². The van der Waals surface area contributed by atoms with Gasteiger partial charge in [-0.3, -0.25) is 4.90 Å². The number of piperidine rings is 1. The van der Waals surface area contributed by atoms with Crippen LogP contribution in [0, 0.1) is 5.82 Å². The Morgan fingerprint density at radius 2 is 1.71 bits per heavy atom. The van der Waals surface area contributed by atoms with Gasteiger partial charge in [0.15, 0.2) is 0 Å². The van der Waals surface area contributed by atoms with E-state index in [2.05, 4.69) is 10.2 Å². The summed E-state index contributed by atoms with van der Waals surface area (Å²) in [5.41, 5.74) is 1.72. The summed E-state index contributed by atoms with van der Waals surface area (Å²) < 4.78 is 24.5. The number of likely N-dealkylation sites (tertiary alicyclic amines) is 1. The molecule has 0 atom stereocenters. The molecule has 31 heavy (non-hydrogen) atoms. The molecule has 0 aliphatic carbocycles. The fourth-order valence-electron chi connectivity index (χ4n) is 3.28. The summed E-state index contributed by atoms with van der Waals surface area (Å²) in [5.74, 6) is -2.12. The van der Waals surface area contributed by atoms with Crippen molar-refractivity contribution in [1.29, 1.82) is 0 Å². The molecule has 1 aliphatic heterocycles. The Balaban J connectivity index is 0.000000501. The minimum atomic E-state index is -1.82. The summed E-state index contributed by atoms with van der Waals surface area (Å²) in [4.78, 5) is 20.6. The van der Waals surface area contributed by atoms with Gasteiger partial charge in [0.2, 0.25) is 0 Å². The van der Waals surface area contributed by atoms with E-state index in [4.69, 9.17) is 29.3 Å². The number of hydrogen-bond donors (Lipinski definition) is 3. The summed E-state index contributed by atoms with van der Waals surface area (Å²) in [6, 6.07) is 13.0.